The first-order valence-electron chi connectivity index (χ1n) is 12.5. The standard InChI is InChI=1S/C27H35N5O5S2/c1-8-32-19(13-36-18-11-9-17(10-12-18)27(5,6)7)30-31-26(32)38-14-20(33)29-24-21(25(35)37-15(2)3)16(4)22(39-24)23(28)34/h9-12,15H,8,13-14H2,1-7H3,(H2,28,34)(H,29,33). The maximum Gasteiger partial charge on any atom is 0.341 e. The third-order valence-corrected chi connectivity index (χ3v) is 7.89. The Labute approximate surface area is 236 Å². The zero-order valence-electron chi connectivity index (χ0n) is 23.3. The van der Waals surface area contributed by atoms with Gasteiger partial charge < -0.3 is 25.1 Å². The minimum Gasteiger partial charge on any atom is -0.486 e. The van der Waals surface area contributed by atoms with Crippen molar-refractivity contribution < 1.29 is 23.9 Å². The van der Waals surface area contributed by atoms with E-state index in [0.29, 0.717) is 23.1 Å². The van der Waals surface area contributed by atoms with E-state index in [-0.39, 0.29) is 45.2 Å². The van der Waals surface area contributed by atoms with Crippen molar-refractivity contribution in [3.63, 3.8) is 0 Å². The Morgan fingerprint density at radius 3 is 2.38 bits per heavy atom. The molecule has 0 spiro atoms. The fourth-order valence-corrected chi connectivity index (χ4v) is 5.58. The van der Waals surface area contributed by atoms with Crippen molar-refractivity contribution in [1.82, 2.24) is 14.8 Å². The van der Waals surface area contributed by atoms with Crippen LogP contribution < -0.4 is 15.8 Å². The number of hydrogen-bond donors (Lipinski definition) is 2. The first-order valence-corrected chi connectivity index (χ1v) is 14.3. The molecule has 210 valence electrons. The summed E-state index contributed by atoms with van der Waals surface area (Å²) < 4.78 is 13.1. The molecule has 39 heavy (non-hydrogen) atoms. The number of hydrogen-bond acceptors (Lipinski definition) is 9. The molecule has 0 aliphatic heterocycles. The molecule has 3 N–H and O–H groups in total. The number of ether oxygens (including phenoxy) is 2. The number of nitrogens with two attached hydrogens (primary N) is 1. The van der Waals surface area contributed by atoms with E-state index in [9.17, 15) is 14.4 Å². The van der Waals surface area contributed by atoms with Gasteiger partial charge >= 0.3 is 5.97 Å². The number of rotatable bonds is 11. The van der Waals surface area contributed by atoms with E-state index in [2.05, 4.69) is 48.4 Å². The number of nitrogens with one attached hydrogen (secondary N) is 1. The van der Waals surface area contributed by atoms with Crippen molar-refractivity contribution in [3.8, 4) is 5.75 Å². The van der Waals surface area contributed by atoms with Crippen LogP contribution in [0.1, 0.15) is 78.5 Å². The zero-order chi connectivity index (χ0) is 28.9. The fraction of sp³-hybridized carbons (Fsp3) is 0.444. The molecule has 0 aliphatic rings. The topological polar surface area (TPSA) is 138 Å². The Balaban J connectivity index is 1.66. The molecule has 3 rings (SSSR count). The number of aromatic nitrogens is 3. The van der Waals surface area contributed by atoms with Gasteiger partial charge in [0.25, 0.3) is 5.91 Å². The van der Waals surface area contributed by atoms with Crippen LogP contribution in [0, 0.1) is 6.92 Å². The van der Waals surface area contributed by atoms with Gasteiger partial charge in [-0.3, -0.25) is 9.59 Å². The van der Waals surface area contributed by atoms with Gasteiger partial charge in [-0.2, -0.15) is 0 Å². The van der Waals surface area contributed by atoms with Gasteiger partial charge in [0.05, 0.1) is 22.3 Å². The van der Waals surface area contributed by atoms with Crippen LogP contribution in [0.4, 0.5) is 5.00 Å². The van der Waals surface area contributed by atoms with Gasteiger partial charge in [0, 0.05) is 6.54 Å². The Morgan fingerprint density at radius 2 is 1.82 bits per heavy atom. The van der Waals surface area contributed by atoms with Crippen LogP contribution in [-0.4, -0.2) is 44.4 Å². The van der Waals surface area contributed by atoms with Gasteiger partial charge in [0.2, 0.25) is 5.91 Å². The molecule has 0 bridgehead atoms. The Morgan fingerprint density at radius 1 is 1.15 bits per heavy atom. The molecule has 0 atom stereocenters. The first-order chi connectivity index (χ1) is 18.3. The summed E-state index contributed by atoms with van der Waals surface area (Å²) in [6.45, 7) is 14.3. The van der Waals surface area contributed by atoms with Crippen LogP contribution in [0.3, 0.4) is 0 Å². The van der Waals surface area contributed by atoms with Gasteiger partial charge in [-0.15, -0.1) is 21.5 Å². The highest BCUT2D eigenvalue weighted by Crippen LogP contribution is 2.34. The largest absolute Gasteiger partial charge is 0.486 e. The molecule has 3 aromatic rings. The molecule has 0 saturated heterocycles. The van der Waals surface area contributed by atoms with Crippen molar-refractivity contribution in [2.24, 2.45) is 5.73 Å². The van der Waals surface area contributed by atoms with Crippen molar-refractivity contribution in [1.29, 1.82) is 0 Å². The Hall–Kier alpha value is -3.38. The van der Waals surface area contributed by atoms with E-state index in [0.717, 1.165) is 17.1 Å². The predicted molar refractivity (Wildman–Crippen MR) is 153 cm³/mol. The first kappa shape index (κ1) is 30.2. The average Bonchev–Trinajstić information content (AvgIpc) is 3.40. The maximum atomic E-state index is 12.8. The molecule has 0 aliphatic carbocycles. The zero-order valence-corrected chi connectivity index (χ0v) is 24.9. The van der Waals surface area contributed by atoms with Crippen LogP contribution >= 0.6 is 23.1 Å². The fourth-order valence-electron chi connectivity index (χ4n) is 3.70. The van der Waals surface area contributed by atoms with Gasteiger partial charge in [0.15, 0.2) is 11.0 Å². The molecule has 1 aromatic carbocycles. The molecule has 2 amide bonds. The number of carbonyl (C=O) groups excluding carboxylic acids is 3. The number of carbonyl (C=O) groups is 3. The number of primary amides is 1. The minimum atomic E-state index is -0.679. The summed E-state index contributed by atoms with van der Waals surface area (Å²) >= 11 is 2.16. The number of anilines is 1. The Bertz CT molecular complexity index is 1340. The second-order valence-corrected chi connectivity index (χ2v) is 12.1. The number of benzene rings is 1. The molecular weight excluding hydrogens is 538 g/mol. The van der Waals surface area contributed by atoms with E-state index >= 15 is 0 Å². The molecule has 0 unspecified atom stereocenters. The summed E-state index contributed by atoms with van der Waals surface area (Å²) in [5.74, 6) is -0.304. The average molecular weight is 574 g/mol. The van der Waals surface area contributed by atoms with Crippen LogP contribution in [-0.2, 0) is 28.1 Å². The van der Waals surface area contributed by atoms with E-state index in [1.54, 1.807) is 20.8 Å². The summed E-state index contributed by atoms with van der Waals surface area (Å²) in [6.07, 6.45) is -0.366. The lowest BCUT2D eigenvalue weighted by Gasteiger charge is -2.19. The molecule has 0 fully saturated rings. The highest BCUT2D eigenvalue weighted by molar-refractivity contribution is 7.99. The lowest BCUT2D eigenvalue weighted by Crippen LogP contribution is -2.18. The predicted octanol–water partition coefficient (Wildman–Crippen LogP) is 4.94. The number of thioether (sulfide) groups is 1. The van der Waals surface area contributed by atoms with Gasteiger partial charge in [-0.1, -0.05) is 44.7 Å². The summed E-state index contributed by atoms with van der Waals surface area (Å²) in [5.41, 5.74) is 7.25. The van der Waals surface area contributed by atoms with Crippen LogP contribution in [0.25, 0.3) is 0 Å². The van der Waals surface area contributed by atoms with Crippen LogP contribution in [0.2, 0.25) is 0 Å². The minimum absolute atomic E-state index is 0.00871. The molecule has 12 heteroatoms. The van der Waals surface area contributed by atoms with E-state index in [1.165, 1.54) is 17.3 Å². The van der Waals surface area contributed by atoms with Gasteiger partial charge in [-0.25, -0.2) is 4.79 Å². The van der Waals surface area contributed by atoms with E-state index in [1.807, 2.05) is 23.6 Å². The summed E-state index contributed by atoms with van der Waals surface area (Å²) in [4.78, 5) is 37.5. The molecular formula is C27H35N5O5S2. The smallest absolute Gasteiger partial charge is 0.341 e. The van der Waals surface area contributed by atoms with E-state index < -0.39 is 11.9 Å². The normalized spacial score (nSPS) is 11.5. The monoisotopic (exact) mass is 573 g/mol. The summed E-state index contributed by atoms with van der Waals surface area (Å²) in [5, 5.41) is 12.0. The van der Waals surface area contributed by atoms with Crippen LogP contribution in [0.15, 0.2) is 29.4 Å². The number of amides is 2. The highest BCUT2D eigenvalue weighted by Gasteiger charge is 2.26. The van der Waals surface area contributed by atoms with Crippen molar-refractivity contribution in [2.75, 3.05) is 11.1 Å². The number of esters is 1. The Kier molecular flexibility index (Phi) is 9.78. The molecule has 2 heterocycles. The second kappa shape index (κ2) is 12.6. The maximum absolute atomic E-state index is 12.8. The molecule has 10 nitrogen and oxygen atoms in total. The van der Waals surface area contributed by atoms with E-state index in [4.69, 9.17) is 15.2 Å². The lowest BCUT2D eigenvalue weighted by molar-refractivity contribution is -0.113. The number of nitrogens with zero attached hydrogens (tertiary/aromatic N) is 3. The second-order valence-electron chi connectivity index (χ2n) is 10.1. The van der Waals surface area contributed by atoms with Crippen molar-refractivity contribution in [2.45, 2.75) is 78.3 Å². The van der Waals surface area contributed by atoms with Gasteiger partial charge in [-0.05, 0) is 56.4 Å². The van der Waals surface area contributed by atoms with Crippen molar-refractivity contribution >= 4 is 45.9 Å². The highest BCUT2D eigenvalue weighted by atomic mass is 32.2. The van der Waals surface area contributed by atoms with Gasteiger partial charge in [0.1, 0.15) is 17.4 Å². The number of thiophene rings is 1. The third-order valence-electron chi connectivity index (χ3n) is 5.70. The molecule has 2 aromatic heterocycles. The summed E-state index contributed by atoms with van der Waals surface area (Å²) in [6, 6.07) is 7.98. The quantitative estimate of drug-likeness (QED) is 0.243. The SMILES string of the molecule is CCn1c(COc2ccc(C(C)(C)C)cc2)nnc1SCC(=O)Nc1sc(C(N)=O)c(C)c1C(=O)OC(C)C. The third kappa shape index (κ3) is 7.60. The van der Waals surface area contributed by atoms with Crippen molar-refractivity contribution in [3.05, 3.63) is 51.7 Å². The molecule has 0 radical (unpaired) electrons. The summed E-state index contributed by atoms with van der Waals surface area (Å²) in [7, 11) is 0. The molecule has 0 saturated carbocycles. The van der Waals surface area contributed by atoms with Crippen LogP contribution in [0.5, 0.6) is 5.75 Å². The lowest BCUT2D eigenvalue weighted by atomic mass is 9.87.